The Bertz CT molecular complexity index is 674. The fourth-order valence-corrected chi connectivity index (χ4v) is 4.41. The van der Waals surface area contributed by atoms with Gasteiger partial charge in [-0.3, -0.25) is 4.79 Å². The van der Waals surface area contributed by atoms with Crippen LogP contribution in [0.4, 0.5) is 0 Å². The van der Waals surface area contributed by atoms with E-state index in [1.54, 1.807) is 12.1 Å². The summed E-state index contributed by atoms with van der Waals surface area (Å²) in [5, 5.41) is 13.2. The van der Waals surface area contributed by atoms with Crippen molar-refractivity contribution in [1.29, 1.82) is 0 Å². The first-order valence-electron chi connectivity index (χ1n) is 7.88. The number of benzene rings is 1. The predicted octanol–water partition coefficient (Wildman–Crippen LogP) is 0.737. The van der Waals surface area contributed by atoms with E-state index in [1.807, 2.05) is 0 Å². The quantitative estimate of drug-likeness (QED) is 0.784. The molecule has 1 aromatic rings. The minimum absolute atomic E-state index is 0.00163. The Labute approximate surface area is 142 Å². The normalized spacial score (nSPS) is 22.1. The zero-order valence-electron chi connectivity index (χ0n) is 14.0. The van der Waals surface area contributed by atoms with Gasteiger partial charge < -0.3 is 15.2 Å². The largest absolute Gasteiger partial charge is 0.497 e. The summed E-state index contributed by atoms with van der Waals surface area (Å²) in [6, 6.07) is 6.17. The highest BCUT2D eigenvalue weighted by Crippen LogP contribution is 2.30. The minimum atomic E-state index is -3.68. The zero-order valence-corrected chi connectivity index (χ0v) is 14.8. The second-order valence-corrected chi connectivity index (χ2v) is 7.95. The van der Waals surface area contributed by atoms with Crippen LogP contribution in [-0.4, -0.2) is 56.6 Å². The molecule has 1 aromatic carbocycles. The maximum Gasteiger partial charge on any atom is 0.243 e. The van der Waals surface area contributed by atoms with Crippen molar-refractivity contribution < 1.29 is 23.1 Å². The molecule has 1 saturated heterocycles. The summed E-state index contributed by atoms with van der Waals surface area (Å²) >= 11 is 0. The Balaban J connectivity index is 2.13. The van der Waals surface area contributed by atoms with Crippen LogP contribution >= 0.6 is 0 Å². The van der Waals surface area contributed by atoms with Crippen LogP contribution in [0.3, 0.4) is 0 Å². The zero-order chi connectivity index (χ0) is 17.8. The number of rotatable bonds is 6. The molecular weight excluding hydrogens is 332 g/mol. The molecule has 0 bridgehead atoms. The fraction of sp³-hybridized carbons (Fsp3) is 0.562. The number of nitrogens with zero attached hydrogens (tertiary/aromatic N) is 1. The van der Waals surface area contributed by atoms with Crippen molar-refractivity contribution in [2.24, 2.45) is 0 Å². The molecule has 24 heavy (non-hydrogen) atoms. The first kappa shape index (κ1) is 18.7. The number of sulfonamides is 1. The minimum Gasteiger partial charge on any atom is -0.497 e. The topological polar surface area (TPSA) is 95.9 Å². The smallest absolute Gasteiger partial charge is 0.243 e. The molecule has 134 valence electrons. The van der Waals surface area contributed by atoms with Gasteiger partial charge >= 0.3 is 0 Å². The molecule has 1 aliphatic heterocycles. The van der Waals surface area contributed by atoms with Gasteiger partial charge in [0.25, 0.3) is 0 Å². The lowest BCUT2D eigenvalue weighted by Crippen LogP contribution is -2.50. The van der Waals surface area contributed by atoms with Crippen molar-refractivity contribution in [2.45, 2.75) is 36.2 Å². The number of carbonyl (C=O) groups is 1. The Morgan fingerprint density at radius 1 is 1.38 bits per heavy atom. The molecule has 2 N–H and O–H groups in total. The molecule has 1 aliphatic rings. The van der Waals surface area contributed by atoms with Crippen molar-refractivity contribution in [3.8, 4) is 5.75 Å². The Hall–Kier alpha value is -1.64. The lowest BCUT2D eigenvalue weighted by atomic mass is 9.89. The van der Waals surface area contributed by atoms with Gasteiger partial charge in [0.15, 0.2) is 0 Å². The van der Waals surface area contributed by atoms with E-state index in [0.717, 1.165) is 0 Å². The van der Waals surface area contributed by atoms with Gasteiger partial charge in [-0.2, -0.15) is 4.31 Å². The van der Waals surface area contributed by atoms with Gasteiger partial charge in [-0.15, -0.1) is 0 Å². The maximum absolute atomic E-state index is 12.8. The Morgan fingerprint density at radius 3 is 2.62 bits per heavy atom. The summed E-state index contributed by atoms with van der Waals surface area (Å²) in [6.45, 7) is 0.356. The molecule has 1 amide bonds. The molecule has 0 aromatic heterocycles. The molecule has 0 spiro atoms. The number of carbonyl (C=O) groups excluding carboxylic acids is 1. The number of ether oxygens (including phenoxy) is 1. The molecule has 1 heterocycles. The third-order valence-corrected chi connectivity index (χ3v) is 6.17. The number of amides is 1. The van der Waals surface area contributed by atoms with Crippen LogP contribution in [0.5, 0.6) is 5.75 Å². The number of aliphatic hydroxyl groups is 1. The molecule has 8 heteroatoms. The van der Waals surface area contributed by atoms with Crippen molar-refractivity contribution in [3.05, 3.63) is 24.3 Å². The molecule has 1 unspecified atom stereocenters. The first-order chi connectivity index (χ1) is 11.3. The maximum atomic E-state index is 12.8. The summed E-state index contributed by atoms with van der Waals surface area (Å²) in [5.41, 5.74) is -1.18. The second-order valence-electron chi connectivity index (χ2n) is 6.02. The number of hydrogen-bond acceptors (Lipinski definition) is 5. The van der Waals surface area contributed by atoms with Crippen LogP contribution in [0.1, 0.15) is 25.7 Å². The van der Waals surface area contributed by atoms with Gasteiger partial charge in [0, 0.05) is 26.6 Å². The van der Waals surface area contributed by atoms with Crippen LogP contribution in [0.2, 0.25) is 0 Å². The van der Waals surface area contributed by atoms with Gasteiger partial charge in [0.2, 0.25) is 15.9 Å². The van der Waals surface area contributed by atoms with Crippen LogP contribution in [0.25, 0.3) is 0 Å². The molecule has 7 nitrogen and oxygen atoms in total. The second kappa shape index (κ2) is 7.50. The molecule has 2 rings (SSSR count). The van der Waals surface area contributed by atoms with Crippen LogP contribution < -0.4 is 10.1 Å². The third-order valence-electron chi connectivity index (χ3n) is 4.31. The first-order valence-corrected chi connectivity index (χ1v) is 9.32. The number of β-amino-alcohol motifs (C(OH)–C–C–N with tert-alkyl or cyclic N) is 1. The van der Waals surface area contributed by atoms with E-state index < -0.39 is 15.6 Å². The van der Waals surface area contributed by atoms with Gasteiger partial charge in [-0.25, -0.2) is 8.42 Å². The van der Waals surface area contributed by atoms with Gasteiger partial charge in [0.05, 0.1) is 17.6 Å². The Kier molecular flexibility index (Phi) is 5.84. The van der Waals surface area contributed by atoms with E-state index >= 15 is 0 Å². The van der Waals surface area contributed by atoms with Gasteiger partial charge in [0.1, 0.15) is 5.75 Å². The van der Waals surface area contributed by atoms with Gasteiger partial charge in [-0.1, -0.05) is 0 Å². The number of nitrogens with one attached hydrogen (secondary N) is 1. The Morgan fingerprint density at radius 2 is 2.04 bits per heavy atom. The van der Waals surface area contributed by atoms with E-state index in [0.29, 0.717) is 25.1 Å². The van der Waals surface area contributed by atoms with E-state index in [2.05, 4.69) is 5.32 Å². The molecule has 0 radical (unpaired) electrons. The number of methoxy groups -OCH3 is 1. The highest BCUT2D eigenvalue weighted by molar-refractivity contribution is 7.89. The molecule has 0 aliphatic carbocycles. The lowest BCUT2D eigenvalue weighted by molar-refractivity contribution is -0.122. The molecule has 1 atom stereocenters. The summed E-state index contributed by atoms with van der Waals surface area (Å²) in [6.07, 6.45) is 1.45. The lowest BCUT2D eigenvalue weighted by Gasteiger charge is -2.38. The van der Waals surface area contributed by atoms with Gasteiger partial charge in [-0.05, 0) is 43.5 Å². The summed E-state index contributed by atoms with van der Waals surface area (Å²) in [7, 11) is -0.635. The SMILES string of the molecule is CNC(=O)CCC1(O)CCCN(S(=O)(=O)c2ccc(OC)cc2)C1. The summed E-state index contributed by atoms with van der Waals surface area (Å²) in [5.74, 6) is 0.410. The van der Waals surface area contributed by atoms with Crippen molar-refractivity contribution in [2.75, 3.05) is 27.2 Å². The van der Waals surface area contributed by atoms with Crippen LogP contribution in [0.15, 0.2) is 29.2 Å². The third kappa shape index (κ3) is 4.25. The highest BCUT2D eigenvalue weighted by Gasteiger charge is 2.38. The average Bonchev–Trinajstić information content (AvgIpc) is 2.59. The van der Waals surface area contributed by atoms with Crippen molar-refractivity contribution in [1.82, 2.24) is 9.62 Å². The van der Waals surface area contributed by atoms with E-state index in [4.69, 9.17) is 4.74 Å². The highest BCUT2D eigenvalue weighted by atomic mass is 32.2. The molecular formula is C16H24N2O5S. The van der Waals surface area contributed by atoms with Crippen LogP contribution in [-0.2, 0) is 14.8 Å². The monoisotopic (exact) mass is 356 g/mol. The van der Waals surface area contributed by atoms with Crippen LogP contribution in [0, 0.1) is 0 Å². The van der Waals surface area contributed by atoms with E-state index in [1.165, 1.54) is 30.6 Å². The predicted molar refractivity (Wildman–Crippen MR) is 89.2 cm³/mol. The number of hydrogen-bond donors (Lipinski definition) is 2. The average molecular weight is 356 g/mol. The van der Waals surface area contributed by atoms with E-state index in [-0.39, 0.29) is 30.2 Å². The van der Waals surface area contributed by atoms with Crippen molar-refractivity contribution in [3.63, 3.8) is 0 Å². The summed E-state index contributed by atoms with van der Waals surface area (Å²) < 4.78 is 31.9. The fourth-order valence-electron chi connectivity index (χ4n) is 2.85. The molecule has 0 saturated carbocycles. The van der Waals surface area contributed by atoms with Crippen molar-refractivity contribution >= 4 is 15.9 Å². The molecule has 1 fully saturated rings. The summed E-state index contributed by atoms with van der Waals surface area (Å²) in [4.78, 5) is 11.6. The number of piperidine rings is 1. The standard InChI is InChI=1S/C16H24N2O5S/c1-17-15(19)8-10-16(20)9-3-11-18(12-16)24(21,22)14-6-4-13(23-2)5-7-14/h4-7,20H,3,8-12H2,1-2H3,(H,17,19). The van der Waals surface area contributed by atoms with E-state index in [9.17, 15) is 18.3 Å².